The third kappa shape index (κ3) is 3.75. The van der Waals surface area contributed by atoms with E-state index in [2.05, 4.69) is 60.2 Å². The van der Waals surface area contributed by atoms with E-state index < -0.39 is 11.8 Å². The van der Waals surface area contributed by atoms with E-state index in [9.17, 15) is 9.59 Å². The number of carbonyl (C=O) groups excluding carboxylic acids is 2. The molecule has 1 atom stereocenters. The Bertz CT molecular complexity index is 1110. The second kappa shape index (κ2) is 8.08. The summed E-state index contributed by atoms with van der Waals surface area (Å²) in [6.45, 7) is 1.92. The standard InChI is InChI=1S/C25H25NO3/c1-3-29-25(28)24(27)16-21(19-13-12-17-8-4-5-9-18(17)14-19)23-15-20-10-6-7-11-22(20)26(23)2/h4-9,12-15,21H,3,10-11,16H2,1-2H3/t21-/m1/s1. The summed E-state index contributed by atoms with van der Waals surface area (Å²) in [6.07, 6.45) is 6.25. The largest absolute Gasteiger partial charge is 0.460 e. The number of ether oxygens (including phenoxy) is 1. The third-order valence-corrected chi connectivity index (χ3v) is 5.73. The second-order valence-electron chi connectivity index (χ2n) is 7.49. The Morgan fingerprint density at radius 2 is 1.79 bits per heavy atom. The van der Waals surface area contributed by atoms with E-state index in [0.717, 1.165) is 34.9 Å². The number of hydrogen-bond donors (Lipinski definition) is 0. The number of hydrogen-bond acceptors (Lipinski definition) is 3. The number of benzene rings is 2. The van der Waals surface area contributed by atoms with Crippen LogP contribution in [0.25, 0.3) is 10.8 Å². The zero-order valence-corrected chi connectivity index (χ0v) is 16.9. The van der Waals surface area contributed by atoms with Crippen LogP contribution in [0.4, 0.5) is 0 Å². The van der Waals surface area contributed by atoms with E-state index in [1.54, 1.807) is 6.92 Å². The number of esters is 1. The molecule has 2 aromatic carbocycles. The first kappa shape index (κ1) is 19.2. The molecule has 0 saturated heterocycles. The number of ketones is 1. The maximum atomic E-state index is 12.6. The van der Waals surface area contributed by atoms with Crippen LogP contribution < -0.4 is 0 Å². The van der Waals surface area contributed by atoms with Gasteiger partial charge in [0, 0.05) is 37.2 Å². The SMILES string of the molecule is CCOC(=O)C(=O)C[C@H](c1ccc2ccccc2c1)c1cc2c(n1C)CC=CC2. The first-order valence-corrected chi connectivity index (χ1v) is 10.1. The second-order valence-corrected chi connectivity index (χ2v) is 7.49. The molecule has 148 valence electrons. The summed E-state index contributed by atoms with van der Waals surface area (Å²) in [4.78, 5) is 24.7. The van der Waals surface area contributed by atoms with Crippen LogP contribution >= 0.6 is 0 Å². The minimum atomic E-state index is -0.751. The smallest absolute Gasteiger partial charge is 0.374 e. The summed E-state index contributed by atoms with van der Waals surface area (Å²) in [5.41, 5.74) is 4.66. The van der Waals surface area contributed by atoms with E-state index in [4.69, 9.17) is 4.74 Å². The van der Waals surface area contributed by atoms with Gasteiger partial charge in [-0.25, -0.2) is 4.79 Å². The maximum Gasteiger partial charge on any atom is 0.374 e. The predicted octanol–water partition coefficient (Wildman–Crippen LogP) is 4.49. The van der Waals surface area contributed by atoms with Crippen molar-refractivity contribution in [3.05, 3.63) is 83.2 Å². The molecule has 4 nitrogen and oxygen atoms in total. The summed E-state index contributed by atoms with van der Waals surface area (Å²) < 4.78 is 7.14. The average molecular weight is 387 g/mol. The van der Waals surface area contributed by atoms with Crippen LogP contribution in [-0.4, -0.2) is 22.9 Å². The monoisotopic (exact) mass is 387 g/mol. The predicted molar refractivity (Wildman–Crippen MR) is 114 cm³/mol. The van der Waals surface area contributed by atoms with Crippen LogP contribution in [0.3, 0.4) is 0 Å². The molecule has 1 aliphatic rings. The Morgan fingerprint density at radius 3 is 2.55 bits per heavy atom. The molecule has 0 amide bonds. The lowest BCUT2D eigenvalue weighted by molar-refractivity contribution is -0.153. The summed E-state index contributed by atoms with van der Waals surface area (Å²) >= 11 is 0. The Hall–Kier alpha value is -3.14. The summed E-state index contributed by atoms with van der Waals surface area (Å²) in [7, 11) is 2.05. The molecule has 4 heteroatoms. The minimum Gasteiger partial charge on any atom is -0.460 e. The highest BCUT2D eigenvalue weighted by molar-refractivity contribution is 6.33. The fourth-order valence-electron chi connectivity index (χ4n) is 4.21. The van der Waals surface area contributed by atoms with Gasteiger partial charge in [-0.05, 0) is 41.3 Å². The molecular weight excluding hydrogens is 362 g/mol. The van der Waals surface area contributed by atoms with Gasteiger partial charge < -0.3 is 9.30 Å². The molecule has 0 aliphatic heterocycles. The van der Waals surface area contributed by atoms with E-state index in [0.29, 0.717) is 0 Å². The normalized spacial score (nSPS) is 13.9. The number of nitrogens with zero attached hydrogens (tertiary/aromatic N) is 1. The molecule has 0 N–H and O–H groups in total. The van der Waals surface area contributed by atoms with Gasteiger partial charge >= 0.3 is 5.97 Å². The summed E-state index contributed by atoms with van der Waals surface area (Å²) in [5.74, 6) is -1.44. The molecule has 1 heterocycles. The Balaban J connectivity index is 1.77. The van der Waals surface area contributed by atoms with Crippen molar-refractivity contribution >= 4 is 22.5 Å². The Morgan fingerprint density at radius 1 is 1.03 bits per heavy atom. The van der Waals surface area contributed by atoms with E-state index in [-0.39, 0.29) is 18.9 Å². The highest BCUT2D eigenvalue weighted by Gasteiger charge is 2.27. The summed E-state index contributed by atoms with van der Waals surface area (Å²) in [5, 5.41) is 2.28. The Labute approximate surface area is 170 Å². The minimum absolute atomic E-state index is 0.0985. The van der Waals surface area contributed by atoms with Crippen LogP contribution in [0, 0.1) is 0 Å². The maximum absolute atomic E-state index is 12.6. The van der Waals surface area contributed by atoms with Gasteiger partial charge in [0.2, 0.25) is 5.78 Å². The number of aromatic nitrogens is 1. The lowest BCUT2D eigenvalue weighted by atomic mass is 9.89. The molecule has 29 heavy (non-hydrogen) atoms. The molecule has 0 spiro atoms. The lowest BCUT2D eigenvalue weighted by Crippen LogP contribution is -2.21. The number of fused-ring (bicyclic) bond motifs is 2. The molecule has 0 radical (unpaired) electrons. The van der Waals surface area contributed by atoms with Crippen molar-refractivity contribution in [3.63, 3.8) is 0 Å². The number of carbonyl (C=O) groups is 2. The first-order chi connectivity index (χ1) is 14.1. The highest BCUT2D eigenvalue weighted by atomic mass is 16.5. The zero-order chi connectivity index (χ0) is 20.4. The molecular formula is C25H25NO3. The van der Waals surface area contributed by atoms with E-state index in [1.807, 2.05) is 12.1 Å². The van der Waals surface area contributed by atoms with E-state index in [1.165, 1.54) is 11.3 Å². The molecule has 0 fully saturated rings. The number of rotatable bonds is 6. The average Bonchev–Trinajstić information content (AvgIpc) is 3.08. The van der Waals surface area contributed by atoms with Crippen molar-refractivity contribution in [3.8, 4) is 0 Å². The van der Waals surface area contributed by atoms with Gasteiger partial charge in [0.05, 0.1) is 6.61 Å². The van der Waals surface area contributed by atoms with Crippen LogP contribution in [0.1, 0.15) is 41.8 Å². The van der Waals surface area contributed by atoms with Crippen molar-refractivity contribution < 1.29 is 14.3 Å². The van der Waals surface area contributed by atoms with Crippen molar-refractivity contribution in [2.75, 3.05) is 6.61 Å². The number of Topliss-reactive ketones (excluding diaryl/α,β-unsaturated/α-hetero) is 1. The quantitative estimate of drug-likeness (QED) is 0.356. The fourth-order valence-corrected chi connectivity index (χ4v) is 4.21. The zero-order valence-electron chi connectivity index (χ0n) is 16.9. The number of allylic oxidation sites excluding steroid dienone is 2. The molecule has 3 aromatic rings. The molecule has 1 aliphatic carbocycles. The molecule has 0 bridgehead atoms. The molecule has 1 aromatic heterocycles. The van der Waals surface area contributed by atoms with Crippen LogP contribution in [-0.2, 0) is 34.2 Å². The van der Waals surface area contributed by atoms with Gasteiger partial charge in [-0.2, -0.15) is 0 Å². The van der Waals surface area contributed by atoms with Crippen molar-refractivity contribution in [1.29, 1.82) is 0 Å². The van der Waals surface area contributed by atoms with Gasteiger partial charge in [0.25, 0.3) is 0 Å². The van der Waals surface area contributed by atoms with Crippen LogP contribution in [0.5, 0.6) is 0 Å². The highest BCUT2D eigenvalue weighted by Crippen LogP contribution is 2.34. The molecule has 0 unspecified atom stereocenters. The summed E-state index contributed by atoms with van der Waals surface area (Å²) in [6, 6.07) is 16.6. The molecule has 4 rings (SSSR count). The van der Waals surface area contributed by atoms with Gasteiger partial charge in [-0.3, -0.25) is 4.79 Å². The van der Waals surface area contributed by atoms with Crippen LogP contribution in [0.15, 0.2) is 60.7 Å². The molecule has 0 saturated carbocycles. The topological polar surface area (TPSA) is 48.3 Å². The third-order valence-electron chi connectivity index (χ3n) is 5.73. The van der Waals surface area contributed by atoms with Crippen molar-refractivity contribution in [2.45, 2.75) is 32.1 Å². The fraction of sp³-hybridized carbons (Fsp3) is 0.280. The Kier molecular flexibility index (Phi) is 5.34. The van der Waals surface area contributed by atoms with Gasteiger partial charge in [-0.15, -0.1) is 0 Å². The first-order valence-electron chi connectivity index (χ1n) is 10.1. The van der Waals surface area contributed by atoms with Crippen LogP contribution in [0.2, 0.25) is 0 Å². The van der Waals surface area contributed by atoms with Gasteiger partial charge in [-0.1, -0.05) is 54.6 Å². The van der Waals surface area contributed by atoms with Crippen molar-refractivity contribution in [2.24, 2.45) is 7.05 Å². The lowest BCUT2D eigenvalue weighted by Gasteiger charge is -2.19. The van der Waals surface area contributed by atoms with Gasteiger partial charge in [0.1, 0.15) is 0 Å². The van der Waals surface area contributed by atoms with Gasteiger partial charge in [0.15, 0.2) is 0 Å². The van der Waals surface area contributed by atoms with Crippen molar-refractivity contribution in [1.82, 2.24) is 4.57 Å². The van der Waals surface area contributed by atoms with E-state index >= 15 is 0 Å².